The molecular formula is C27H46O6. The fourth-order valence-electron chi connectivity index (χ4n) is 9.18. The van der Waals surface area contributed by atoms with Gasteiger partial charge in [0, 0.05) is 0 Å². The zero-order valence-corrected chi connectivity index (χ0v) is 20.9. The molecule has 5 N–H and O–H groups in total. The van der Waals surface area contributed by atoms with Crippen LogP contribution in [0.1, 0.15) is 85.5 Å². The molecule has 0 amide bonds. The molecule has 0 aliphatic heterocycles. The highest BCUT2D eigenvalue weighted by molar-refractivity contribution is 5.70. The van der Waals surface area contributed by atoms with E-state index < -0.39 is 24.1 Å². The Bertz CT molecular complexity index is 727. The fraction of sp³-hybridized carbons (Fsp3) is 0.963. The summed E-state index contributed by atoms with van der Waals surface area (Å²) in [6, 6.07) is 0. The van der Waals surface area contributed by atoms with Crippen LogP contribution >= 0.6 is 0 Å². The third-order valence-electron chi connectivity index (χ3n) is 11.4. The Morgan fingerprint density at radius 3 is 2.33 bits per heavy atom. The van der Waals surface area contributed by atoms with Crippen molar-refractivity contribution in [2.24, 2.45) is 52.3 Å². The number of fused-ring (bicyclic) bond motifs is 5. The minimum atomic E-state index is -0.967. The van der Waals surface area contributed by atoms with Crippen molar-refractivity contribution >= 4 is 5.97 Å². The maximum Gasteiger partial charge on any atom is 0.308 e. The first-order chi connectivity index (χ1) is 15.4. The summed E-state index contributed by atoms with van der Waals surface area (Å²) in [4.78, 5) is 11.2. The van der Waals surface area contributed by atoms with Gasteiger partial charge in [0.15, 0.2) is 0 Å². The van der Waals surface area contributed by atoms with Gasteiger partial charge in [-0.2, -0.15) is 0 Å². The lowest BCUT2D eigenvalue weighted by molar-refractivity contribution is -0.207. The van der Waals surface area contributed by atoms with E-state index in [0.29, 0.717) is 24.2 Å². The molecule has 33 heavy (non-hydrogen) atoms. The average Bonchev–Trinajstić information content (AvgIpc) is 3.11. The Hall–Kier alpha value is -0.690. The molecule has 0 aromatic heterocycles. The van der Waals surface area contributed by atoms with Gasteiger partial charge >= 0.3 is 5.97 Å². The average molecular weight is 467 g/mol. The molecule has 190 valence electrons. The second-order valence-corrected chi connectivity index (χ2v) is 12.8. The molecule has 0 aromatic carbocycles. The maximum absolute atomic E-state index is 11.6. The smallest absolute Gasteiger partial charge is 0.308 e. The van der Waals surface area contributed by atoms with Crippen molar-refractivity contribution < 1.29 is 30.3 Å². The number of rotatable bonds is 6. The summed E-state index contributed by atoms with van der Waals surface area (Å²) in [5.41, 5.74) is -0.186. The molecule has 0 spiro atoms. The van der Waals surface area contributed by atoms with Gasteiger partial charge in [-0.05, 0) is 111 Å². The fourth-order valence-corrected chi connectivity index (χ4v) is 9.18. The minimum absolute atomic E-state index is 0.0756. The zero-order valence-electron chi connectivity index (χ0n) is 20.9. The van der Waals surface area contributed by atoms with Gasteiger partial charge in [0.05, 0.1) is 30.3 Å². The van der Waals surface area contributed by atoms with E-state index >= 15 is 0 Å². The van der Waals surface area contributed by atoms with Crippen LogP contribution in [-0.4, -0.2) is 55.9 Å². The van der Waals surface area contributed by atoms with Crippen molar-refractivity contribution in [3.05, 3.63) is 0 Å². The zero-order chi connectivity index (χ0) is 24.3. The van der Waals surface area contributed by atoms with Crippen LogP contribution in [0.4, 0.5) is 0 Å². The number of aliphatic hydroxyl groups excluding tert-OH is 4. The maximum atomic E-state index is 11.6. The van der Waals surface area contributed by atoms with E-state index in [2.05, 4.69) is 20.8 Å². The highest BCUT2D eigenvalue weighted by Crippen LogP contribution is 2.68. The summed E-state index contributed by atoms with van der Waals surface area (Å²) in [5.74, 6) is -0.0734. The highest BCUT2D eigenvalue weighted by atomic mass is 16.4. The second kappa shape index (κ2) is 9.07. The van der Waals surface area contributed by atoms with Crippen molar-refractivity contribution in [1.29, 1.82) is 0 Å². The molecule has 0 aromatic rings. The van der Waals surface area contributed by atoms with Gasteiger partial charge < -0.3 is 25.5 Å². The molecule has 4 rings (SSSR count). The van der Waals surface area contributed by atoms with Crippen molar-refractivity contribution in [3.63, 3.8) is 0 Å². The van der Waals surface area contributed by atoms with Crippen molar-refractivity contribution in [3.8, 4) is 0 Å². The van der Waals surface area contributed by atoms with Gasteiger partial charge in [-0.1, -0.05) is 20.8 Å². The number of aliphatic hydroxyl groups is 4. The summed E-state index contributed by atoms with van der Waals surface area (Å²) in [6.45, 7) is 8.32. The third-order valence-corrected chi connectivity index (χ3v) is 11.4. The van der Waals surface area contributed by atoms with Crippen LogP contribution in [0.3, 0.4) is 0 Å². The van der Waals surface area contributed by atoms with Gasteiger partial charge in [0.25, 0.3) is 0 Å². The van der Waals surface area contributed by atoms with E-state index in [1.807, 2.05) is 0 Å². The molecule has 4 fully saturated rings. The topological polar surface area (TPSA) is 118 Å². The molecule has 6 nitrogen and oxygen atoms in total. The minimum Gasteiger partial charge on any atom is -0.481 e. The molecule has 6 heteroatoms. The largest absolute Gasteiger partial charge is 0.481 e. The number of hydrogen-bond donors (Lipinski definition) is 5. The van der Waals surface area contributed by atoms with Gasteiger partial charge in [-0.25, -0.2) is 0 Å². The van der Waals surface area contributed by atoms with Crippen LogP contribution in [-0.2, 0) is 4.79 Å². The van der Waals surface area contributed by atoms with Crippen LogP contribution < -0.4 is 0 Å². The van der Waals surface area contributed by atoms with E-state index in [0.717, 1.165) is 51.4 Å². The molecule has 0 saturated heterocycles. The molecular weight excluding hydrogens is 420 g/mol. The Kier molecular flexibility index (Phi) is 6.98. The van der Waals surface area contributed by atoms with Crippen molar-refractivity contribution in [2.45, 2.75) is 110 Å². The lowest BCUT2D eigenvalue weighted by Crippen LogP contribution is -2.62. The van der Waals surface area contributed by atoms with E-state index in [1.165, 1.54) is 0 Å². The van der Waals surface area contributed by atoms with E-state index in [1.54, 1.807) is 6.92 Å². The number of carboxylic acid groups (broad SMARTS) is 1. The standard InChI is InChI=1S/C27H46O6/c1-14(5-8-21(29)15(2)25(32)33)18-6-7-19-24-20(13-23(31)27(18,19)4)26(3)10-9-17(28)11-16(26)12-22(24)30/h14-24,28-31H,5-13H2,1-4H3,(H,32,33)/t14-,15-,16+,17-,18-,19+,20+,21?,22-,23+,24+,26+,27-/m1/s1. The molecule has 13 atom stereocenters. The van der Waals surface area contributed by atoms with E-state index in [4.69, 9.17) is 0 Å². The van der Waals surface area contributed by atoms with Gasteiger partial charge in [-0.15, -0.1) is 0 Å². The third kappa shape index (κ3) is 4.07. The predicted molar refractivity (Wildman–Crippen MR) is 125 cm³/mol. The van der Waals surface area contributed by atoms with Crippen molar-refractivity contribution in [1.82, 2.24) is 0 Å². The Balaban J connectivity index is 1.52. The van der Waals surface area contributed by atoms with Crippen LogP contribution in [0, 0.1) is 52.3 Å². The first-order valence-electron chi connectivity index (χ1n) is 13.4. The first-order valence-corrected chi connectivity index (χ1v) is 13.4. The summed E-state index contributed by atoms with van der Waals surface area (Å²) in [7, 11) is 0. The van der Waals surface area contributed by atoms with Crippen molar-refractivity contribution in [2.75, 3.05) is 0 Å². The Morgan fingerprint density at radius 1 is 0.970 bits per heavy atom. The summed E-state index contributed by atoms with van der Waals surface area (Å²) in [6.07, 6.45) is 5.36. The molecule has 1 unspecified atom stereocenters. The summed E-state index contributed by atoms with van der Waals surface area (Å²) < 4.78 is 0. The number of carboxylic acids is 1. The van der Waals surface area contributed by atoms with Crippen LogP contribution in [0.25, 0.3) is 0 Å². The quantitative estimate of drug-likeness (QED) is 0.409. The molecule has 4 aliphatic carbocycles. The lowest BCUT2D eigenvalue weighted by atomic mass is 9.43. The van der Waals surface area contributed by atoms with Gasteiger partial charge in [0.1, 0.15) is 0 Å². The summed E-state index contributed by atoms with van der Waals surface area (Å²) >= 11 is 0. The highest BCUT2D eigenvalue weighted by Gasteiger charge is 2.65. The first kappa shape index (κ1) is 25.4. The Labute approximate surface area is 198 Å². The normalized spacial score (nSPS) is 49.9. The monoisotopic (exact) mass is 466 g/mol. The molecule has 0 radical (unpaired) electrons. The van der Waals surface area contributed by atoms with Crippen LogP contribution in [0.5, 0.6) is 0 Å². The second-order valence-electron chi connectivity index (χ2n) is 12.8. The van der Waals surface area contributed by atoms with E-state index in [-0.39, 0.29) is 40.8 Å². The number of hydrogen-bond acceptors (Lipinski definition) is 5. The number of carbonyl (C=O) groups is 1. The molecule has 0 heterocycles. The molecule has 4 saturated carbocycles. The Morgan fingerprint density at radius 2 is 1.67 bits per heavy atom. The van der Waals surface area contributed by atoms with Gasteiger partial charge in [0.2, 0.25) is 0 Å². The molecule has 0 bridgehead atoms. The number of aliphatic carboxylic acids is 1. The summed E-state index contributed by atoms with van der Waals surface area (Å²) in [5, 5.41) is 52.7. The van der Waals surface area contributed by atoms with Gasteiger partial charge in [-0.3, -0.25) is 4.79 Å². The lowest BCUT2D eigenvalue weighted by Gasteiger charge is -2.63. The predicted octanol–water partition coefficient (Wildman–Crippen LogP) is 3.45. The van der Waals surface area contributed by atoms with Crippen LogP contribution in [0.15, 0.2) is 0 Å². The molecule has 4 aliphatic rings. The SMILES string of the molecule is C[C@H](CCC(O)[C@@H](C)C(=O)O)[C@H]1CC[C@H]2[C@@H]3[C@H](O)C[C@@H]4C[C@H](O)CC[C@]4(C)[C@H]3C[C@H](O)[C@]12C. The van der Waals surface area contributed by atoms with E-state index in [9.17, 15) is 30.3 Å². The van der Waals surface area contributed by atoms with Crippen LogP contribution in [0.2, 0.25) is 0 Å².